The first-order chi connectivity index (χ1) is 11.5. The van der Waals surface area contributed by atoms with Crippen LogP contribution in [0.3, 0.4) is 0 Å². The number of nitrogens with one attached hydrogen (secondary N) is 1. The summed E-state index contributed by atoms with van der Waals surface area (Å²) in [5.41, 5.74) is 4.94. The van der Waals surface area contributed by atoms with Crippen LogP contribution >= 0.6 is 0 Å². The number of fused-ring (bicyclic) bond motifs is 1. The van der Waals surface area contributed by atoms with Crippen LogP contribution in [0.2, 0.25) is 0 Å². The van der Waals surface area contributed by atoms with Crippen molar-refractivity contribution in [3.8, 4) is 0 Å². The predicted molar refractivity (Wildman–Crippen MR) is 80.7 cm³/mol. The molecule has 120 valence electrons. The first-order valence-corrected chi connectivity index (χ1v) is 6.63. The molecular formula is C14H10N6O4. The number of hydrogen-bond donors (Lipinski definition) is 3. The van der Waals surface area contributed by atoms with Crippen molar-refractivity contribution in [3.05, 3.63) is 53.5 Å². The molecular weight excluding hydrogens is 316 g/mol. The molecule has 3 aromatic rings. The third kappa shape index (κ3) is 2.63. The lowest BCUT2D eigenvalue weighted by molar-refractivity contribution is 0.0689. The van der Waals surface area contributed by atoms with Crippen LogP contribution in [-0.2, 0) is 0 Å². The van der Waals surface area contributed by atoms with Crippen molar-refractivity contribution >= 4 is 29.1 Å². The highest BCUT2D eigenvalue weighted by molar-refractivity contribution is 6.08. The van der Waals surface area contributed by atoms with Gasteiger partial charge in [-0.25, -0.2) is 14.3 Å². The summed E-state index contributed by atoms with van der Waals surface area (Å²) in [7, 11) is 0. The highest BCUT2D eigenvalue weighted by Crippen LogP contribution is 2.19. The molecule has 10 heteroatoms. The van der Waals surface area contributed by atoms with Gasteiger partial charge in [0.05, 0.1) is 6.20 Å². The molecule has 2 amide bonds. The molecule has 0 aliphatic heterocycles. The third-order valence-corrected chi connectivity index (χ3v) is 3.12. The van der Waals surface area contributed by atoms with E-state index < -0.39 is 17.8 Å². The lowest BCUT2D eigenvalue weighted by atomic mass is 10.2. The molecule has 0 fully saturated rings. The van der Waals surface area contributed by atoms with Gasteiger partial charge in [0.1, 0.15) is 5.52 Å². The number of hydrogen-bond acceptors (Lipinski definition) is 6. The van der Waals surface area contributed by atoms with Gasteiger partial charge < -0.3 is 16.2 Å². The van der Waals surface area contributed by atoms with Crippen LogP contribution in [0.25, 0.3) is 5.52 Å². The summed E-state index contributed by atoms with van der Waals surface area (Å²) in [6.07, 6.45) is 1.06. The van der Waals surface area contributed by atoms with Crippen LogP contribution in [0, 0.1) is 0 Å². The molecule has 0 bridgehead atoms. The molecule has 4 N–H and O–H groups in total. The van der Waals surface area contributed by atoms with E-state index in [2.05, 4.69) is 20.6 Å². The summed E-state index contributed by atoms with van der Waals surface area (Å²) in [4.78, 5) is 38.7. The van der Waals surface area contributed by atoms with Gasteiger partial charge in [-0.2, -0.15) is 0 Å². The van der Waals surface area contributed by atoms with E-state index in [-0.39, 0.29) is 22.7 Å². The minimum Gasteiger partial charge on any atom is -0.476 e. The zero-order valence-corrected chi connectivity index (χ0v) is 12.0. The Morgan fingerprint density at radius 1 is 1.17 bits per heavy atom. The molecule has 24 heavy (non-hydrogen) atoms. The quantitative estimate of drug-likeness (QED) is 0.618. The largest absolute Gasteiger partial charge is 0.476 e. The van der Waals surface area contributed by atoms with E-state index in [0.717, 1.165) is 10.7 Å². The average Bonchev–Trinajstić information content (AvgIpc) is 3.00. The lowest BCUT2D eigenvalue weighted by Gasteiger charge is -2.07. The summed E-state index contributed by atoms with van der Waals surface area (Å²) in [6.45, 7) is 0. The van der Waals surface area contributed by atoms with Gasteiger partial charge in [0, 0.05) is 5.56 Å². The molecule has 10 nitrogen and oxygen atoms in total. The highest BCUT2D eigenvalue weighted by Gasteiger charge is 2.21. The number of benzene rings is 1. The first kappa shape index (κ1) is 15.1. The van der Waals surface area contributed by atoms with Crippen LogP contribution in [0.15, 0.2) is 36.5 Å². The van der Waals surface area contributed by atoms with Gasteiger partial charge >= 0.3 is 5.97 Å². The Labute approximate surface area is 133 Å². The lowest BCUT2D eigenvalue weighted by Crippen LogP contribution is -2.18. The van der Waals surface area contributed by atoms with Crippen molar-refractivity contribution < 1.29 is 19.5 Å². The molecule has 2 aromatic heterocycles. The Balaban J connectivity index is 2.13. The van der Waals surface area contributed by atoms with Crippen LogP contribution in [0.4, 0.5) is 5.82 Å². The molecule has 1 aromatic carbocycles. The number of primary amides is 1. The second-order valence-electron chi connectivity index (χ2n) is 4.70. The maximum atomic E-state index is 12.3. The Bertz CT molecular complexity index is 966. The van der Waals surface area contributed by atoms with Crippen molar-refractivity contribution in [1.82, 2.24) is 19.8 Å². The maximum absolute atomic E-state index is 12.3. The number of carbonyl (C=O) groups excluding carboxylic acids is 2. The van der Waals surface area contributed by atoms with Crippen molar-refractivity contribution in [2.75, 3.05) is 5.32 Å². The fourth-order valence-corrected chi connectivity index (χ4v) is 2.05. The summed E-state index contributed by atoms with van der Waals surface area (Å²) in [6, 6.07) is 8.21. The van der Waals surface area contributed by atoms with Crippen LogP contribution in [-0.4, -0.2) is 42.7 Å². The third-order valence-electron chi connectivity index (χ3n) is 3.12. The topological polar surface area (TPSA) is 153 Å². The minimum atomic E-state index is -1.33. The molecule has 0 unspecified atom stereocenters. The van der Waals surface area contributed by atoms with E-state index in [0.29, 0.717) is 5.56 Å². The number of carboxylic acids is 1. The summed E-state index contributed by atoms with van der Waals surface area (Å²) < 4.78 is 1.02. The molecule has 0 saturated heterocycles. The van der Waals surface area contributed by atoms with E-state index >= 15 is 0 Å². The monoisotopic (exact) mass is 326 g/mol. The Morgan fingerprint density at radius 3 is 2.50 bits per heavy atom. The van der Waals surface area contributed by atoms with Crippen molar-refractivity contribution in [2.45, 2.75) is 0 Å². The van der Waals surface area contributed by atoms with E-state index in [9.17, 15) is 14.4 Å². The molecule has 2 heterocycles. The Hall–Kier alpha value is -3.82. The van der Waals surface area contributed by atoms with E-state index in [1.54, 1.807) is 30.3 Å². The smallest absolute Gasteiger partial charge is 0.356 e. The number of anilines is 1. The molecule has 0 aliphatic carbocycles. The van der Waals surface area contributed by atoms with Crippen LogP contribution in [0.5, 0.6) is 0 Å². The van der Waals surface area contributed by atoms with Crippen LogP contribution in [0.1, 0.15) is 31.3 Å². The number of amides is 2. The highest BCUT2D eigenvalue weighted by atomic mass is 16.4. The number of rotatable bonds is 4. The molecule has 0 saturated carbocycles. The van der Waals surface area contributed by atoms with Crippen molar-refractivity contribution in [3.63, 3.8) is 0 Å². The molecule has 0 atom stereocenters. The molecule has 0 aliphatic rings. The maximum Gasteiger partial charge on any atom is 0.356 e. The fourth-order valence-electron chi connectivity index (χ4n) is 2.05. The van der Waals surface area contributed by atoms with Gasteiger partial charge in [-0.3, -0.25) is 9.59 Å². The number of aromatic nitrogens is 4. The second kappa shape index (κ2) is 5.76. The van der Waals surface area contributed by atoms with Gasteiger partial charge in [0.2, 0.25) is 0 Å². The minimum absolute atomic E-state index is 0.0109. The average molecular weight is 326 g/mol. The molecule has 0 radical (unpaired) electrons. The molecule has 3 rings (SSSR count). The van der Waals surface area contributed by atoms with Crippen LogP contribution < -0.4 is 11.1 Å². The van der Waals surface area contributed by atoms with Gasteiger partial charge in [0.15, 0.2) is 17.2 Å². The Kier molecular flexibility index (Phi) is 3.62. The fraction of sp³-hybridized carbons (Fsp3) is 0. The van der Waals surface area contributed by atoms with Gasteiger partial charge in [-0.15, -0.1) is 5.10 Å². The van der Waals surface area contributed by atoms with E-state index in [1.807, 2.05) is 0 Å². The SMILES string of the molecule is NC(=O)c1nnn2cc(C(=O)O)nc(NC(=O)c3ccccc3)c12. The van der Waals surface area contributed by atoms with Gasteiger partial charge in [-0.1, -0.05) is 23.4 Å². The normalized spacial score (nSPS) is 10.5. The van der Waals surface area contributed by atoms with Crippen molar-refractivity contribution in [1.29, 1.82) is 0 Å². The number of carbonyl (C=O) groups is 3. The van der Waals surface area contributed by atoms with E-state index in [4.69, 9.17) is 10.8 Å². The number of aromatic carboxylic acids is 1. The Morgan fingerprint density at radius 2 is 1.88 bits per heavy atom. The summed E-state index contributed by atoms with van der Waals surface area (Å²) >= 11 is 0. The standard InChI is InChI=1S/C14H10N6O4/c15-11(21)9-10-12(17-13(22)7-4-2-1-3-5-7)16-8(14(23)24)6-20(10)19-18-9/h1-6H,(H2,15,21)(H,23,24)(H,16,17,22). The second-order valence-corrected chi connectivity index (χ2v) is 4.70. The number of nitrogens with two attached hydrogens (primary N) is 1. The number of nitrogens with zero attached hydrogens (tertiary/aromatic N) is 4. The summed E-state index contributed by atoms with van der Waals surface area (Å²) in [5.74, 6) is -2.93. The van der Waals surface area contributed by atoms with E-state index in [1.165, 1.54) is 0 Å². The summed E-state index contributed by atoms with van der Waals surface area (Å²) in [5, 5.41) is 18.8. The van der Waals surface area contributed by atoms with Gasteiger partial charge in [-0.05, 0) is 12.1 Å². The van der Waals surface area contributed by atoms with Crippen molar-refractivity contribution in [2.24, 2.45) is 5.73 Å². The first-order valence-electron chi connectivity index (χ1n) is 6.63. The molecule has 0 spiro atoms. The number of carboxylic acid groups (broad SMARTS) is 1. The zero-order chi connectivity index (χ0) is 17.3. The zero-order valence-electron chi connectivity index (χ0n) is 12.0. The van der Waals surface area contributed by atoms with Gasteiger partial charge in [0.25, 0.3) is 11.8 Å². The predicted octanol–water partition coefficient (Wildman–Crippen LogP) is 0.174.